The average Bonchev–Trinajstić information content (AvgIpc) is 2.45. The van der Waals surface area contributed by atoms with Crippen LogP contribution in [0.4, 0.5) is 8.78 Å². The molecular weight excluding hydrogens is 282 g/mol. The van der Waals surface area contributed by atoms with Gasteiger partial charge in [-0.1, -0.05) is 57.4 Å². The van der Waals surface area contributed by atoms with E-state index in [9.17, 15) is 13.6 Å². The van der Waals surface area contributed by atoms with Crippen molar-refractivity contribution in [2.45, 2.75) is 71.6 Å². The van der Waals surface area contributed by atoms with Crippen LogP contribution in [0.3, 0.4) is 0 Å². The summed E-state index contributed by atoms with van der Waals surface area (Å²) in [5.74, 6) is -1.83. The van der Waals surface area contributed by atoms with Gasteiger partial charge in [-0.25, -0.2) is 8.78 Å². The summed E-state index contributed by atoms with van der Waals surface area (Å²) in [5, 5.41) is 0. The number of carbonyl (C=O) groups excluding carboxylic acids is 1. The van der Waals surface area contributed by atoms with Gasteiger partial charge in [-0.3, -0.25) is 4.79 Å². The van der Waals surface area contributed by atoms with Gasteiger partial charge in [0.25, 0.3) is 5.92 Å². The molecule has 1 nitrogen and oxygen atoms in total. The van der Waals surface area contributed by atoms with Crippen LogP contribution in [-0.2, 0) is 17.1 Å². The molecule has 0 radical (unpaired) electrons. The molecule has 0 fully saturated rings. The van der Waals surface area contributed by atoms with Crippen LogP contribution in [0.2, 0.25) is 0 Å². The third-order valence-electron chi connectivity index (χ3n) is 4.09. The molecule has 0 amide bonds. The van der Waals surface area contributed by atoms with Crippen LogP contribution < -0.4 is 0 Å². The smallest absolute Gasteiger partial charge is 0.270 e. The first-order chi connectivity index (χ1) is 10.3. The van der Waals surface area contributed by atoms with Gasteiger partial charge >= 0.3 is 0 Å². The second-order valence-corrected chi connectivity index (χ2v) is 6.41. The summed E-state index contributed by atoms with van der Waals surface area (Å²) in [6, 6.07) is 6.30. The molecule has 0 aliphatic rings. The van der Waals surface area contributed by atoms with Crippen LogP contribution in [0.1, 0.15) is 70.4 Å². The predicted molar refractivity (Wildman–Crippen MR) is 87.3 cm³/mol. The molecule has 0 aliphatic carbocycles. The Balaban J connectivity index is 2.29. The third-order valence-corrected chi connectivity index (χ3v) is 4.09. The molecule has 0 N–H and O–H groups in total. The highest BCUT2D eigenvalue weighted by Crippen LogP contribution is 2.27. The molecule has 0 saturated heterocycles. The van der Waals surface area contributed by atoms with Gasteiger partial charge in [-0.2, -0.15) is 0 Å². The van der Waals surface area contributed by atoms with E-state index in [0.29, 0.717) is 25.2 Å². The zero-order chi connectivity index (χ0) is 16.6. The fourth-order valence-corrected chi connectivity index (χ4v) is 2.66. The van der Waals surface area contributed by atoms with E-state index >= 15 is 0 Å². The molecule has 22 heavy (non-hydrogen) atoms. The zero-order valence-corrected chi connectivity index (χ0v) is 14.0. The lowest BCUT2D eigenvalue weighted by Gasteiger charge is -2.11. The molecule has 0 aromatic heterocycles. The summed E-state index contributed by atoms with van der Waals surface area (Å²) in [4.78, 5) is 11.9. The average molecular weight is 310 g/mol. The first-order valence-electron chi connectivity index (χ1n) is 8.32. The Labute approximate surface area is 133 Å². The molecule has 124 valence electrons. The number of carbonyl (C=O) groups is 1. The van der Waals surface area contributed by atoms with E-state index in [-0.39, 0.29) is 11.3 Å². The van der Waals surface area contributed by atoms with E-state index in [2.05, 4.69) is 13.8 Å². The summed E-state index contributed by atoms with van der Waals surface area (Å²) in [6.07, 6.45) is 6.27. The number of aryl methyl sites for hydroxylation is 1. The lowest BCUT2D eigenvalue weighted by molar-refractivity contribution is -0.119. The van der Waals surface area contributed by atoms with Crippen LogP contribution in [0, 0.1) is 5.92 Å². The van der Waals surface area contributed by atoms with Crippen molar-refractivity contribution in [3.63, 3.8) is 0 Å². The zero-order valence-electron chi connectivity index (χ0n) is 14.0. The van der Waals surface area contributed by atoms with Crippen molar-refractivity contribution in [1.29, 1.82) is 0 Å². The van der Waals surface area contributed by atoms with Gasteiger partial charge in [0.15, 0.2) is 0 Å². The highest BCUT2D eigenvalue weighted by atomic mass is 19.3. The third kappa shape index (κ3) is 7.15. The lowest BCUT2D eigenvalue weighted by Crippen LogP contribution is -2.07. The first kappa shape index (κ1) is 18.8. The van der Waals surface area contributed by atoms with E-state index in [1.807, 2.05) is 0 Å². The molecule has 1 rings (SSSR count). The molecule has 0 bridgehead atoms. The normalized spacial score (nSPS) is 13.1. The minimum absolute atomic E-state index is 0.0208. The molecule has 3 heteroatoms. The minimum atomic E-state index is -2.80. The topological polar surface area (TPSA) is 17.1 Å². The molecule has 1 atom stereocenters. The van der Waals surface area contributed by atoms with E-state index in [4.69, 9.17) is 0 Å². The SMILES string of the molecule is CCCC(C)CCCC(=O)CCc1ccc(C(C)(F)F)cc1. The maximum Gasteiger partial charge on any atom is 0.270 e. The maximum absolute atomic E-state index is 13.1. The molecule has 0 aliphatic heterocycles. The molecular formula is C19H28F2O. The van der Waals surface area contributed by atoms with Crippen molar-refractivity contribution in [2.24, 2.45) is 5.92 Å². The molecule has 1 unspecified atom stereocenters. The van der Waals surface area contributed by atoms with Gasteiger partial charge in [-0.15, -0.1) is 0 Å². The second kappa shape index (κ2) is 9.02. The Morgan fingerprint density at radius 1 is 1.14 bits per heavy atom. The summed E-state index contributed by atoms with van der Waals surface area (Å²) >= 11 is 0. The molecule has 0 heterocycles. The van der Waals surface area contributed by atoms with Crippen molar-refractivity contribution in [1.82, 2.24) is 0 Å². The number of rotatable bonds is 10. The highest BCUT2D eigenvalue weighted by molar-refractivity contribution is 5.78. The standard InChI is InChI=1S/C19H28F2O/c1-4-6-15(2)7-5-8-18(22)14-11-16-9-12-17(13-10-16)19(3,20)21/h9-10,12-13,15H,4-8,11,14H2,1-3H3. The Hall–Kier alpha value is -1.25. The number of halogens is 2. The second-order valence-electron chi connectivity index (χ2n) is 6.41. The monoisotopic (exact) mass is 310 g/mol. The Morgan fingerprint density at radius 3 is 2.32 bits per heavy atom. The van der Waals surface area contributed by atoms with Crippen molar-refractivity contribution in [2.75, 3.05) is 0 Å². The van der Waals surface area contributed by atoms with Crippen molar-refractivity contribution in [3.8, 4) is 0 Å². The highest BCUT2D eigenvalue weighted by Gasteiger charge is 2.23. The quantitative estimate of drug-likeness (QED) is 0.525. The van der Waals surface area contributed by atoms with Gasteiger partial charge in [-0.05, 0) is 24.3 Å². The van der Waals surface area contributed by atoms with Crippen molar-refractivity contribution in [3.05, 3.63) is 35.4 Å². The number of hydrogen-bond donors (Lipinski definition) is 0. The van der Waals surface area contributed by atoms with Gasteiger partial charge in [0.05, 0.1) is 0 Å². The summed E-state index contributed by atoms with van der Waals surface area (Å²) in [6.45, 7) is 5.31. The Morgan fingerprint density at radius 2 is 1.77 bits per heavy atom. The van der Waals surface area contributed by atoms with E-state index < -0.39 is 5.92 Å². The molecule has 1 aromatic carbocycles. The van der Waals surface area contributed by atoms with Gasteiger partial charge in [0, 0.05) is 25.3 Å². The molecule has 0 saturated carbocycles. The lowest BCUT2D eigenvalue weighted by atomic mass is 9.97. The number of ketones is 1. The summed E-state index contributed by atoms with van der Waals surface area (Å²) in [5.41, 5.74) is 0.966. The number of alkyl halides is 2. The van der Waals surface area contributed by atoms with Gasteiger partial charge < -0.3 is 0 Å². The van der Waals surface area contributed by atoms with E-state index in [1.54, 1.807) is 12.1 Å². The van der Waals surface area contributed by atoms with Gasteiger partial charge in [0.1, 0.15) is 5.78 Å². The Kier molecular flexibility index (Phi) is 7.70. The van der Waals surface area contributed by atoms with E-state index in [0.717, 1.165) is 25.3 Å². The van der Waals surface area contributed by atoms with E-state index in [1.165, 1.54) is 25.0 Å². The fraction of sp³-hybridized carbons (Fsp3) is 0.632. The van der Waals surface area contributed by atoms with Crippen LogP contribution in [0.5, 0.6) is 0 Å². The van der Waals surface area contributed by atoms with Gasteiger partial charge in [0.2, 0.25) is 0 Å². The maximum atomic E-state index is 13.1. The van der Waals surface area contributed by atoms with Crippen LogP contribution >= 0.6 is 0 Å². The van der Waals surface area contributed by atoms with Crippen LogP contribution in [0.25, 0.3) is 0 Å². The summed E-state index contributed by atoms with van der Waals surface area (Å²) in [7, 11) is 0. The summed E-state index contributed by atoms with van der Waals surface area (Å²) < 4.78 is 26.2. The minimum Gasteiger partial charge on any atom is -0.300 e. The number of hydrogen-bond acceptors (Lipinski definition) is 1. The predicted octanol–water partition coefficient (Wildman–Crippen LogP) is 5.91. The van der Waals surface area contributed by atoms with Crippen LogP contribution in [0.15, 0.2) is 24.3 Å². The van der Waals surface area contributed by atoms with Crippen LogP contribution in [-0.4, -0.2) is 5.78 Å². The number of benzene rings is 1. The first-order valence-corrected chi connectivity index (χ1v) is 8.32. The largest absolute Gasteiger partial charge is 0.300 e. The molecule has 1 aromatic rings. The van der Waals surface area contributed by atoms with Crippen molar-refractivity contribution < 1.29 is 13.6 Å². The number of Topliss-reactive ketones (excluding diaryl/α,β-unsaturated/α-hetero) is 1. The molecule has 0 spiro atoms. The Bertz CT molecular complexity index is 445. The fourth-order valence-electron chi connectivity index (χ4n) is 2.66. The van der Waals surface area contributed by atoms with Crippen molar-refractivity contribution >= 4 is 5.78 Å².